The average Bonchev–Trinajstić information content (AvgIpc) is 2.42. The Morgan fingerprint density at radius 3 is 2.32 bits per heavy atom. The second kappa shape index (κ2) is 7.00. The third kappa shape index (κ3) is 5.07. The van der Waals surface area contributed by atoms with Crippen LogP contribution in [0.25, 0.3) is 0 Å². The third-order valence-electron chi connectivity index (χ3n) is 2.23. The zero-order valence-electron chi connectivity index (χ0n) is 10.4. The summed E-state index contributed by atoms with van der Waals surface area (Å²) >= 11 is 0. The molecule has 1 rings (SSSR count). The number of benzene rings is 1. The largest absolute Gasteiger partial charge is 0.484 e. The smallest absolute Gasteiger partial charge is 0.258 e. The highest BCUT2D eigenvalue weighted by molar-refractivity contribution is 5.92. The van der Waals surface area contributed by atoms with Crippen LogP contribution in [0.5, 0.6) is 5.75 Å². The molecule has 0 spiro atoms. The third-order valence-corrected chi connectivity index (χ3v) is 2.23. The van der Waals surface area contributed by atoms with Gasteiger partial charge in [0.05, 0.1) is 6.54 Å². The number of carbonyl (C=O) groups excluding carboxylic acids is 3. The molecule has 0 unspecified atom stereocenters. The second-order valence-corrected chi connectivity index (χ2v) is 3.63. The predicted molar refractivity (Wildman–Crippen MR) is 67.5 cm³/mol. The molecule has 0 radical (unpaired) electrons. The molecule has 0 bridgehead atoms. The van der Waals surface area contributed by atoms with Gasteiger partial charge in [-0.2, -0.15) is 0 Å². The van der Waals surface area contributed by atoms with Crippen molar-refractivity contribution in [3.05, 3.63) is 29.8 Å². The van der Waals surface area contributed by atoms with Crippen LogP contribution in [0.1, 0.15) is 10.4 Å². The van der Waals surface area contributed by atoms with Gasteiger partial charge in [0.15, 0.2) is 6.61 Å². The summed E-state index contributed by atoms with van der Waals surface area (Å²) in [5, 5.41) is 4.76. The van der Waals surface area contributed by atoms with Crippen molar-refractivity contribution in [1.82, 2.24) is 10.6 Å². The van der Waals surface area contributed by atoms with Crippen LogP contribution in [0.3, 0.4) is 0 Å². The number of carbonyl (C=O) groups is 3. The first-order valence-corrected chi connectivity index (χ1v) is 5.53. The summed E-state index contributed by atoms with van der Waals surface area (Å²) in [6, 6.07) is 6.07. The fourth-order valence-corrected chi connectivity index (χ4v) is 1.18. The van der Waals surface area contributed by atoms with Gasteiger partial charge in [-0.1, -0.05) is 0 Å². The molecular weight excluding hydrogens is 250 g/mol. The lowest BCUT2D eigenvalue weighted by atomic mass is 10.2. The van der Waals surface area contributed by atoms with Crippen molar-refractivity contribution in [3.63, 3.8) is 0 Å². The van der Waals surface area contributed by atoms with Gasteiger partial charge in [-0.3, -0.25) is 14.4 Å². The Hall–Kier alpha value is -2.57. The number of nitrogens with one attached hydrogen (secondary N) is 2. The fraction of sp³-hybridized carbons (Fsp3) is 0.250. The number of nitrogens with two attached hydrogens (primary N) is 1. The molecule has 19 heavy (non-hydrogen) atoms. The Balaban J connectivity index is 2.37. The summed E-state index contributed by atoms with van der Waals surface area (Å²) in [5.74, 6) is -0.809. The van der Waals surface area contributed by atoms with Crippen LogP contribution in [0.15, 0.2) is 24.3 Å². The number of rotatable bonds is 6. The van der Waals surface area contributed by atoms with Crippen molar-refractivity contribution in [2.45, 2.75) is 0 Å². The summed E-state index contributed by atoms with van der Waals surface area (Å²) < 4.78 is 5.17. The molecule has 0 saturated heterocycles. The zero-order valence-corrected chi connectivity index (χ0v) is 10.4. The number of likely N-dealkylation sites (N-methyl/N-ethyl adjacent to an activating group) is 1. The lowest BCUT2D eigenvalue weighted by Gasteiger charge is -2.07. The lowest BCUT2D eigenvalue weighted by Crippen LogP contribution is -2.37. The number of hydrogen-bond acceptors (Lipinski definition) is 4. The molecule has 102 valence electrons. The Kier molecular flexibility index (Phi) is 5.34. The van der Waals surface area contributed by atoms with E-state index in [4.69, 9.17) is 10.5 Å². The average molecular weight is 265 g/mol. The molecule has 0 fully saturated rings. The molecule has 0 aliphatic rings. The van der Waals surface area contributed by atoms with Crippen molar-refractivity contribution in [1.29, 1.82) is 0 Å². The Morgan fingerprint density at radius 2 is 1.79 bits per heavy atom. The van der Waals surface area contributed by atoms with Gasteiger partial charge in [-0.25, -0.2) is 0 Å². The molecule has 0 aliphatic carbocycles. The molecular formula is C12H15N3O4. The Morgan fingerprint density at radius 1 is 1.16 bits per heavy atom. The molecule has 1 aromatic rings. The highest BCUT2D eigenvalue weighted by Gasteiger charge is 2.05. The lowest BCUT2D eigenvalue weighted by molar-refractivity contribution is -0.127. The van der Waals surface area contributed by atoms with Gasteiger partial charge in [0.25, 0.3) is 5.91 Å². The maximum Gasteiger partial charge on any atom is 0.258 e. The van der Waals surface area contributed by atoms with E-state index in [1.807, 2.05) is 0 Å². The van der Waals surface area contributed by atoms with Gasteiger partial charge in [-0.15, -0.1) is 0 Å². The standard InChI is InChI=1S/C12H15N3O4/c1-14-10(16)6-15-11(17)7-19-9-4-2-8(3-5-9)12(13)18/h2-5H,6-7H2,1H3,(H2,13,18)(H,14,16)(H,15,17). The topological polar surface area (TPSA) is 111 Å². The van der Waals surface area contributed by atoms with E-state index >= 15 is 0 Å². The van der Waals surface area contributed by atoms with E-state index in [0.717, 1.165) is 0 Å². The predicted octanol–water partition coefficient (Wildman–Crippen LogP) is -0.973. The van der Waals surface area contributed by atoms with Crippen LogP contribution in [0.2, 0.25) is 0 Å². The summed E-state index contributed by atoms with van der Waals surface area (Å²) in [6.07, 6.45) is 0. The van der Waals surface area contributed by atoms with Crippen molar-refractivity contribution in [3.8, 4) is 5.75 Å². The number of ether oxygens (including phenoxy) is 1. The van der Waals surface area contributed by atoms with Gasteiger partial charge in [0.1, 0.15) is 5.75 Å². The summed E-state index contributed by atoms with van der Waals surface area (Å²) in [4.78, 5) is 33.0. The highest BCUT2D eigenvalue weighted by atomic mass is 16.5. The Labute approximate surface area is 110 Å². The maximum absolute atomic E-state index is 11.3. The molecule has 0 saturated carbocycles. The first-order chi connectivity index (χ1) is 9.02. The van der Waals surface area contributed by atoms with Crippen LogP contribution in [-0.2, 0) is 9.59 Å². The normalized spacial score (nSPS) is 9.53. The zero-order chi connectivity index (χ0) is 14.3. The van der Waals surface area contributed by atoms with Crippen LogP contribution in [0.4, 0.5) is 0 Å². The Bertz CT molecular complexity index is 470. The second-order valence-electron chi connectivity index (χ2n) is 3.63. The van der Waals surface area contributed by atoms with Crippen LogP contribution < -0.4 is 21.1 Å². The van der Waals surface area contributed by atoms with Crippen LogP contribution >= 0.6 is 0 Å². The van der Waals surface area contributed by atoms with E-state index < -0.39 is 11.8 Å². The van der Waals surface area contributed by atoms with E-state index in [1.54, 1.807) is 0 Å². The summed E-state index contributed by atoms with van der Waals surface area (Å²) in [6.45, 7) is -0.313. The van der Waals surface area contributed by atoms with Crippen LogP contribution in [-0.4, -0.2) is 37.9 Å². The van der Waals surface area contributed by atoms with E-state index in [1.165, 1.54) is 31.3 Å². The van der Waals surface area contributed by atoms with Crippen molar-refractivity contribution >= 4 is 17.7 Å². The first-order valence-electron chi connectivity index (χ1n) is 5.53. The number of amides is 3. The van der Waals surface area contributed by atoms with Gasteiger partial charge in [-0.05, 0) is 24.3 Å². The minimum Gasteiger partial charge on any atom is -0.484 e. The molecule has 1 aromatic carbocycles. The first kappa shape index (κ1) is 14.5. The molecule has 0 aromatic heterocycles. The number of primary amides is 1. The quantitative estimate of drug-likeness (QED) is 0.614. The molecule has 0 aliphatic heterocycles. The van der Waals surface area contributed by atoms with E-state index in [2.05, 4.69) is 10.6 Å². The van der Waals surface area contributed by atoms with Crippen molar-refractivity contribution in [2.24, 2.45) is 5.73 Å². The van der Waals surface area contributed by atoms with Crippen LogP contribution in [0, 0.1) is 0 Å². The van der Waals surface area contributed by atoms with E-state index in [-0.39, 0.29) is 19.1 Å². The van der Waals surface area contributed by atoms with Crippen molar-refractivity contribution < 1.29 is 19.1 Å². The summed E-state index contributed by atoms with van der Waals surface area (Å²) in [7, 11) is 1.48. The number of hydrogen-bond donors (Lipinski definition) is 3. The molecule has 7 heteroatoms. The summed E-state index contributed by atoms with van der Waals surface area (Å²) in [5.41, 5.74) is 5.44. The molecule has 7 nitrogen and oxygen atoms in total. The van der Waals surface area contributed by atoms with Gasteiger partial charge in [0.2, 0.25) is 11.8 Å². The highest BCUT2D eigenvalue weighted by Crippen LogP contribution is 2.11. The minimum atomic E-state index is -0.533. The van der Waals surface area contributed by atoms with Gasteiger partial charge >= 0.3 is 0 Å². The van der Waals surface area contributed by atoms with Gasteiger partial charge < -0.3 is 21.1 Å². The maximum atomic E-state index is 11.3. The molecule has 0 atom stereocenters. The fourth-order valence-electron chi connectivity index (χ4n) is 1.18. The van der Waals surface area contributed by atoms with Crippen molar-refractivity contribution in [2.75, 3.05) is 20.2 Å². The molecule has 0 heterocycles. The van der Waals surface area contributed by atoms with Gasteiger partial charge in [0, 0.05) is 12.6 Å². The SMILES string of the molecule is CNC(=O)CNC(=O)COc1ccc(C(N)=O)cc1. The van der Waals surface area contributed by atoms with E-state index in [9.17, 15) is 14.4 Å². The molecule has 3 amide bonds. The monoisotopic (exact) mass is 265 g/mol. The molecule has 4 N–H and O–H groups in total. The minimum absolute atomic E-state index is 0.0979. The van der Waals surface area contributed by atoms with E-state index in [0.29, 0.717) is 11.3 Å².